The number of thiol groups is 1. The van der Waals surface area contributed by atoms with Crippen LogP contribution in [0.2, 0.25) is 0 Å². The van der Waals surface area contributed by atoms with Crippen molar-refractivity contribution in [1.82, 2.24) is 4.90 Å². The van der Waals surface area contributed by atoms with E-state index in [1.54, 1.807) is 0 Å². The summed E-state index contributed by atoms with van der Waals surface area (Å²) in [5.74, 6) is 0. The van der Waals surface area contributed by atoms with Crippen molar-refractivity contribution in [2.45, 2.75) is 214 Å². The van der Waals surface area contributed by atoms with Gasteiger partial charge in [-0.2, -0.15) is 12.6 Å². The molecule has 0 aromatic rings. The number of aliphatic hydroxyl groups excluding tert-OH is 19. The average Bonchev–Trinajstić information content (AvgIpc) is 3.66. The normalized spacial score (nSPS) is 54.1. The lowest BCUT2D eigenvalue weighted by Gasteiger charge is -2.53. The molecule has 22 heterocycles. The molecule has 0 spiro atoms. The Balaban J connectivity index is 1.02. The first kappa shape index (κ1) is 65.4. The van der Waals surface area contributed by atoms with Crippen molar-refractivity contribution in [3.63, 3.8) is 0 Å². The number of hydrogen-bond donors (Lipinski definition) is 20. The fourth-order valence-electron chi connectivity index (χ4n) is 11.7. The van der Waals surface area contributed by atoms with Gasteiger partial charge in [-0.15, -0.1) is 0 Å². The van der Waals surface area contributed by atoms with Crippen LogP contribution in [0.25, 0.3) is 0 Å². The zero-order valence-corrected chi connectivity index (χ0v) is 44.4. The largest absolute Gasteiger partial charge is 0.394 e. The number of ether oxygens (including phenoxy) is 15. The number of aliphatic hydroxyl groups is 19. The summed E-state index contributed by atoms with van der Waals surface area (Å²) in [7, 11) is 0. The minimum atomic E-state index is -2.19. The third kappa shape index (κ3) is 12.9. The van der Waals surface area contributed by atoms with Crippen molar-refractivity contribution in [2.75, 3.05) is 72.6 Å². The second kappa shape index (κ2) is 28.2. The number of morpholine rings is 1. The molecule has 0 radical (unpaired) electrons. The van der Waals surface area contributed by atoms with E-state index in [0.29, 0.717) is 0 Å². The average molecular weight is 1220 g/mol. The Kier molecular flexibility index (Phi) is 22.5. The molecule has 22 fully saturated rings. The molecule has 22 aliphatic rings. The third-order valence-corrected chi connectivity index (χ3v) is 16.8. The molecule has 1 unspecified atom stereocenters. The Morgan fingerprint density at radius 1 is 0.268 bits per heavy atom. The summed E-state index contributed by atoms with van der Waals surface area (Å²) >= 11 is 4.85. The number of rotatable bonds is 8. The minimum absolute atomic E-state index is 0.186. The van der Waals surface area contributed by atoms with Crippen LogP contribution in [0.5, 0.6) is 0 Å². The van der Waals surface area contributed by atoms with E-state index < -0.39 is 260 Å². The molecule has 35 atom stereocenters. The third-order valence-electron chi connectivity index (χ3n) is 16.3. The summed E-state index contributed by atoms with van der Waals surface area (Å²) < 4.78 is 88.0. The van der Waals surface area contributed by atoms with E-state index in [9.17, 15) is 97.0 Å². The van der Waals surface area contributed by atoms with Gasteiger partial charge in [-0.3, -0.25) is 4.90 Å². The maximum absolute atomic E-state index is 11.7. The lowest BCUT2D eigenvalue weighted by Crippen LogP contribution is -2.70. The number of hydrogen-bond acceptors (Lipinski definition) is 36. The molecule has 476 valence electrons. The second-order valence-electron chi connectivity index (χ2n) is 21.3. The molecule has 14 bridgehead atoms. The Morgan fingerprint density at radius 2 is 0.463 bits per heavy atom. The first-order valence-electron chi connectivity index (χ1n) is 26.8. The Hall–Kier alpha value is -1.05. The Labute approximate surface area is 471 Å². The molecule has 22 aliphatic heterocycles. The maximum Gasteiger partial charge on any atom is 0.187 e. The molecule has 0 aromatic carbocycles. The highest BCUT2D eigenvalue weighted by Crippen LogP contribution is 2.40. The second-order valence-corrected chi connectivity index (χ2v) is 21.9. The first-order valence-corrected chi connectivity index (χ1v) is 27.3. The van der Waals surface area contributed by atoms with Gasteiger partial charge in [0.1, 0.15) is 159 Å². The first-order chi connectivity index (χ1) is 39.2. The lowest BCUT2D eigenvalue weighted by molar-refractivity contribution is -0.396. The van der Waals surface area contributed by atoms with Gasteiger partial charge in [0.05, 0.1) is 70.8 Å². The van der Waals surface area contributed by atoms with Crippen molar-refractivity contribution in [3.05, 3.63) is 0 Å². The van der Waals surface area contributed by atoms with Crippen LogP contribution in [0, 0.1) is 0 Å². The van der Waals surface area contributed by atoms with Gasteiger partial charge < -0.3 is 168 Å². The monoisotopic (exact) mass is 1220 g/mol. The number of nitrogens with zero attached hydrogens (tertiary/aromatic N) is 1. The van der Waals surface area contributed by atoms with Gasteiger partial charge in [0.2, 0.25) is 0 Å². The van der Waals surface area contributed by atoms with Crippen LogP contribution in [-0.2, 0) is 71.1 Å². The molecule has 82 heavy (non-hydrogen) atoms. The van der Waals surface area contributed by atoms with Crippen molar-refractivity contribution in [1.29, 1.82) is 0 Å². The van der Waals surface area contributed by atoms with E-state index in [1.807, 2.05) is 4.90 Å². The zero-order valence-electron chi connectivity index (χ0n) is 43.5. The predicted molar refractivity (Wildman–Crippen MR) is 255 cm³/mol. The summed E-state index contributed by atoms with van der Waals surface area (Å²) in [4.78, 5) is 1.82. The van der Waals surface area contributed by atoms with E-state index in [-0.39, 0.29) is 26.3 Å². The quantitative estimate of drug-likeness (QED) is 0.100. The van der Waals surface area contributed by atoms with Gasteiger partial charge in [-0.25, -0.2) is 0 Å². The zero-order chi connectivity index (χ0) is 59.2. The molecule has 22 saturated heterocycles. The van der Waals surface area contributed by atoms with Crippen molar-refractivity contribution in [3.8, 4) is 0 Å². The van der Waals surface area contributed by atoms with Crippen molar-refractivity contribution >= 4 is 12.6 Å². The Bertz CT molecular complexity index is 1960. The summed E-state index contributed by atoms with van der Waals surface area (Å²) in [6, 6.07) is -1.00. The molecule has 22 rings (SSSR count). The summed E-state index contributed by atoms with van der Waals surface area (Å²) in [6.07, 6.45) is -62.9. The van der Waals surface area contributed by atoms with Crippen LogP contribution >= 0.6 is 12.6 Å². The van der Waals surface area contributed by atoms with Gasteiger partial charge >= 0.3 is 0 Å². The van der Waals surface area contributed by atoms with Crippen LogP contribution in [0.1, 0.15) is 0 Å². The molecule has 36 heteroatoms. The molecule has 0 amide bonds. The van der Waals surface area contributed by atoms with E-state index in [4.69, 9.17) is 83.7 Å². The van der Waals surface area contributed by atoms with Gasteiger partial charge in [0.25, 0.3) is 0 Å². The standard InChI is InChI=1S/C46H77NO34S/c48-5-12-32-19(47-1-3-67-4-2-47)39(82)46(74-12)81-38-18(11-54)73-45(31(66)25(38)60)80-37-17(10-53)72-44(30(65)24(37)59)79-36-16(9-52)71-43(29(64)23(36)58)78-35-15(8-51)70-42(28(63)22(35)57)77-34-14(7-50)69-41(27(62)21(34)56)76-33-13(6-49)68-40(75-32)26(61)20(33)55/h12-46,48-66,82H,1-11H2/t12-,13-,14-,15-,16-,17-,18-,19+,20-,21-,22-,23-,24-,25-,26-,27-,28-,29-,30-,31-,32-,33-,34-,35-,36-,37-,38-,39?,40-,41-,42-,43-,44-,45-,46-/m1/s1. The molecule has 35 nitrogen and oxygen atoms in total. The SMILES string of the molecule is OC[C@H]1O[C@@H]2O[C@H]3[C@H](O)[C@@H](O)[C@@H](O[C@H]4[C@H](O)[C@@H](O)[C@@H](O[C@H]5[C@H](O)[C@@H](O)[C@@H](O[C@H]6[C@H](O)[C@@H](O)[C@@H](O[C@H]7[C@H](O)[C@@H](O)[C@@H](O[C@H]8[C@H](N9CCOCC9)C(S)[C@@H](O[C@H]1[C@H](O)[C@H]2O)O[C@@H]8CO)O[C@@H]7CO)O[C@@H]6CO)O[C@@H]5CO)O[C@@H]4CO)O[C@@H]3CO. The summed E-state index contributed by atoms with van der Waals surface area (Å²) in [5, 5.41) is 210. The smallest absolute Gasteiger partial charge is 0.187 e. The van der Waals surface area contributed by atoms with E-state index in [1.165, 1.54) is 0 Å². The van der Waals surface area contributed by atoms with Crippen LogP contribution < -0.4 is 0 Å². The van der Waals surface area contributed by atoms with E-state index >= 15 is 0 Å². The van der Waals surface area contributed by atoms with E-state index in [2.05, 4.69) is 0 Å². The topological polar surface area (TPSA) is 526 Å². The van der Waals surface area contributed by atoms with E-state index in [0.717, 1.165) is 0 Å². The Morgan fingerprint density at radius 3 is 0.695 bits per heavy atom. The van der Waals surface area contributed by atoms with Crippen LogP contribution in [0.15, 0.2) is 0 Å². The highest BCUT2D eigenvalue weighted by molar-refractivity contribution is 7.81. The molecule has 19 N–H and O–H groups in total. The van der Waals surface area contributed by atoms with Crippen LogP contribution in [-0.4, -0.2) is 389 Å². The maximum atomic E-state index is 11.7. The van der Waals surface area contributed by atoms with Crippen molar-refractivity contribution in [2.24, 2.45) is 0 Å². The van der Waals surface area contributed by atoms with Gasteiger partial charge in [0.15, 0.2) is 44.0 Å². The molecular weight excluding hydrogens is 1140 g/mol. The predicted octanol–water partition coefficient (Wildman–Crippen LogP) is -14.0. The lowest BCUT2D eigenvalue weighted by atomic mass is 9.94. The summed E-state index contributed by atoms with van der Waals surface area (Å²) in [6.45, 7) is -6.04. The fourth-order valence-corrected chi connectivity index (χ4v) is 12.2. The molecular formula is C46H77NO34S. The van der Waals surface area contributed by atoms with Gasteiger partial charge in [0, 0.05) is 13.1 Å². The molecule has 0 aliphatic carbocycles. The summed E-state index contributed by atoms with van der Waals surface area (Å²) in [5.41, 5.74) is 0. The minimum Gasteiger partial charge on any atom is -0.394 e. The van der Waals surface area contributed by atoms with Gasteiger partial charge in [-0.1, -0.05) is 0 Å². The molecule has 0 saturated carbocycles. The van der Waals surface area contributed by atoms with Crippen LogP contribution in [0.4, 0.5) is 0 Å². The van der Waals surface area contributed by atoms with Crippen molar-refractivity contribution < 1.29 is 168 Å². The highest BCUT2D eigenvalue weighted by Gasteiger charge is 2.60. The van der Waals surface area contributed by atoms with Crippen LogP contribution in [0.3, 0.4) is 0 Å². The fraction of sp³-hybridized carbons (Fsp3) is 1.00. The molecule has 0 aromatic heterocycles. The van der Waals surface area contributed by atoms with Gasteiger partial charge in [-0.05, 0) is 0 Å². The highest BCUT2D eigenvalue weighted by atomic mass is 32.1.